The molecule has 2 aromatic rings. The number of carbonyl (C=O) groups excluding carboxylic acids is 1. The molecule has 0 bridgehead atoms. The van der Waals surface area contributed by atoms with E-state index in [4.69, 9.17) is 4.74 Å². The first-order valence-electron chi connectivity index (χ1n) is 11.1. The molecule has 2 N–H and O–H groups in total. The van der Waals surface area contributed by atoms with Crippen molar-refractivity contribution in [1.29, 1.82) is 0 Å². The predicted octanol–water partition coefficient (Wildman–Crippen LogP) is 3.63. The van der Waals surface area contributed by atoms with E-state index in [1.54, 1.807) is 25.6 Å². The van der Waals surface area contributed by atoms with E-state index < -0.39 is 23.2 Å². The number of nitrogens with one attached hydrogen (secondary N) is 1. The molecule has 0 saturated carbocycles. The zero-order chi connectivity index (χ0) is 24.8. The second-order valence-electron chi connectivity index (χ2n) is 8.58. The number of alkyl halides is 3. The average molecular weight is 484 g/mol. The lowest BCUT2D eigenvalue weighted by Gasteiger charge is -2.41. The van der Waals surface area contributed by atoms with Crippen LogP contribution in [0.15, 0.2) is 42.7 Å². The van der Waals surface area contributed by atoms with Crippen molar-refractivity contribution in [3.63, 3.8) is 0 Å². The van der Waals surface area contributed by atoms with E-state index >= 15 is 0 Å². The number of aliphatic hydroxyl groups is 1. The Hall–Kier alpha value is -2.56. The van der Waals surface area contributed by atoms with Crippen LogP contribution in [-0.2, 0) is 27.9 Å². The summed E-state index contributed by atoms with van der Waals surface area (Å²) in [6, 6.07) is 5.82. The van der Waals surface area contributed by atoms with E-state index in [1.807, 2.05) is 6.07 Å². The zero-order valence-electron chi connectivity index (χ0n) is 18.9. The molecule has 2 heterocycles. The molecule has 1 aromatic heterocycles. The molecule has 1 aromatic carbocycles. The van der Waals surface area contributed by atoms with Gasteiger partial charge in [0.25, 0.3) is 0 Å². The average Bonchev–Trinajstić information content (AvgIpc) is 2.81. The highest BCUT2D eigenvalue weighted by atomic mass is 19.4. The van der Waals surface area contributed by atoms with Crippen molar-refractivity contribution in [2.24, 2.45) is 0 Å². The monoisotopic (exact) mass is 483 g/mol. The van der Waals surface area contributed by atoms with Gasteiger partial charge >= 0.3 is 6.18 Å². The molecule has 1 unspecified atom stereocenters. The topological polar surface area (TPSA) is 74.7 Å². The van der Waals surface area contributed by atoms with Crippen LogP contribution in [0, 0.1) is 5.82 Å². The molecule has 6 nitrogen and oxygen atoms in total. The van der Waals surface area contributed by atoms with Gasteiger partial charge in [0.05, 0.1) is 17.8 Å². The van der Waals surface area contributed by atoms with Crippen molar-refractivity contribution in [3.8, 4) is 0 Å². The maximum absolute atomic E-state index is 13.5. The number of halogens is 4. The lowest BCUT2D eigenvalue weighted by atomic mass is 9.84. The van der Waals surface area contributed by atoms with E-state index in [0.29, 0.717) is 45.0 Å². The summed E-state index contributed by atoms with van der Waals surface area (Å²) in [4.78, 5) is 18.6. The van der Waals surface area contributed by atoms with Crippen molar-refractivity contribution >= 4 is 5.91 Å². The van der Waals surface area contributed by atoms with Gasteiger partial charge in [-0.05, 0) is 49.1 Å². The molecule has 0 aliphatic carbocycles. The van der Waals surface area contributed by atoms with Gasteiger partial charge in [0.1, 0.15) is 5.82 Å². The molecule has 34 heavy (non-hydrogen) atoms. The number of hydrogen-bond donors (Lipinski definition) is 2. The molecule has 0 spiro atoms. The van der Waals surface area contributed by atoms with Gasteiger partial charge in [0.15, 0.2) is 0 Å². The molecule has 1 amide bonds. The Balaban J connectivity index is 1.51. The van der Waals surface area contributed by atoms with E-state index in [-0.39, 0.29) is 30.5 Å². The summed E-state index contributed by atoms with van der Waals surface area (Å²) in [5, 5.41) is 13.6. The summed E-state index contributed by atoms with van der Waals surface area (Å²) < 4.78 is 57.4. The molecule has 1 aliphatic heterocycles. The van der Waals surface area contributed by atoms with Gasteiger partial charge in [0, 0.05) is 57.2 Å². The number of aromatic nitrogens is 1. The van der Waals surface area contributed by atoms with Gasteiger partial charge in [-0.15, -0.1) is 0 Å². The number of nitrogens with zero attached hydrogens (tertiary/aromatic N) is 2. The fourth-order valence-electron chi connectivity index (χ4n) is 4.25. The van der Waals surface area contributed by atoms with E-state index in [0.717, 1.165) is 17.7 Å². The largest absolute Gasteiger partial charge is 0.416 e. The predicted molar refractivity (Wildman–Crippen MR) is 117 cm³/mol. The lowest BCUT2D eigenvalue weighted by Crippen LogP contribution is -2.48. The summed E-state index contributed by atoms with van der Waals surface area (Å²) in [7, 11) is 1.57. The molecule has 10 heteroatoms. The van der Waals surface area contributed by atoms with Crippen LogP contribution in [0.2, 0.25) is 0 Å². The van der Waals surface area contributed by atoms with Crippen LogP contribution >= 0.6 is 0 Å². The quantitative estimate of drug-likeness (QED) is 0.533. The van der Waals surface area contributed by atoms with Crippen LogP contribution in [0.1, 0.15) is 42.4 Å². The van der Waals surface area contributed by atoms with E-state index in [1.165, 1.54) is 0 Å². The first-order valence-corrected chi connectivity index (χ1v) is 11.1. The van der Waals surface area contributed by atoms with Crippen LogP contribution in [0.3, 0.4) is 0 Å². The van der Waals surface area contributed by atoms with Gasteiger partial charge in [-0.3, -0.25) is 14.7 Å². The fourth-order valence-corrected chi connectivity index (χ4v) is 4.25. The number of likely N-dealkylation sites (tertiary alicyclic amines) is 1. The number of carbonyl (C=O) groups is 1. The van der Waals surface area contributed by atoms with Gasteiger partial charge in [0.2, 0.25) is 5.91 Å². The Morgan fingerprint density at radius 2 is 2.03 bits per heavy atom. The number of benzene rings is 1. The molecular formula is C24H29F4N3O3. The highest BCUT2D eigenvalue weighted by molar-refractivity contribution is 5.75. The normalized spacial score (nSPS) is 17.4. The third-order valence-corrected chi connectivity index (χ3v) is 6.18. The second-order valence-corrected chi connectivity index (χ2v) is 8.58. The van der Waals surface area contributed by atoms with Gasteiger partial charge in [-0.25, -0.2) is 4.39 Å². The van der Waals surface area contributed by atoms with Crippen LogP contribution < -0.4 is 5.32 Å². The maximum Gasteiger partial charge on any atom is 0.416 e. The molecule has 1 fully saturated rings. The summed E-state index contributed by atoms with van der Waals surface area (Å²) in [6.45, 7) is 1.43. The van der Waals surface area contributed by atoms with Crippen molar-refractivity contribution < 1.29 is 32.2 Å². The van der Waals surface area contributed by atoms with Crippen molar-refractivity contribution in [2.45, 2.75) is 50.0 Å². The summed E-state index contributed by atoms with van der Waals surface area (Å²) in [5.41, 5.74) is -1.21. The standard InChI is InChI=1S/C24H29F4N3O3/c1-34-16-21(31-9-6-23(33,7-10-31)18-3-2-8-29-15-18)4-5-22(32)30-14-17-11-19(24(26,27)28)13-20(25)12-17/h2-3,8,11-13,15,21,33H,4-7,9-10,14,16H2,1H3,(H,30,32). The molecule has 3 rings (SSSR count). The summed E-state index contributed by atoms with van der Waals surface area (Å²) >= 11 is 0. The number of pyridine rings is 1. The number of rotatable bonds is 9. The van der Waals surface area contributed by atoms with Gasteiger partial charge in [-0.2, -0.15) is 13.2 Å². The molecule has 1 aliphatic rings. The molecular weight excluding hydrogens is 454 g/mol. The minimum atomic E-state index is -4.66. The van der Waals surface area contributed by atoms with Gasteiger partial charge < -0.3 is 15.2 Å². The van der Waals surface area contributed by atoms with E-state index in [2.05, 4.69) is 15.2 Å². The first-order chi connectivity index (χ1) is 16.1. The van der Waals surface area contributed by atoms with Crippen LogP contribution in [-0.4, -0.2) is 53.7 Å². The Labute approximate surface area is 195 Å². The number of amides is 1. The van der Waals surface area contributed by atoms with Gasteiger partial charge in [-0.1, -0.05) is 6.07 Å². The third kappa shape index (κ3) is 6.97. The number of piperidine rings is 1. The molecule has 0 radical (unpaired) electrons. The molecule has 186 valence electrons. The fraction of sp³-hybridized carbons (Fsp3) is 0.500. The number of hydrogen-bond acceptors (Lipinski definition) is 5. The smallest absolute Gasteiger partial charge is 0.385 e. The maximum atomic E-state index is 13.5. The molecule has 1 atom stereocenters. The highest BCUT2D eigenvalue weighted by Gasteiger charge is 2.36. The Kier molecular flexibility index (Phi) is 8.62. The molecule has 1 saturated heterocycles. The van der Waals surface area contributed by atoms with Crippen LogP contribution in [0.25, 0.3) is 0 Å². The van der Waals surface area contributed by atoms with Crippen molar-refractivity contribution in [3.05, 3.63) is 65.2 Å². The minimum Gasteiger partial charge on any atom is -0.385 e. The Bertz CT molecular complexity index is 948. The highest BCUT2D eigenvalue weighted by Crippen LogP contribution is 2.33. The summed E-state index contributed by atoms with van der Waals surface area (Å²) in [5.74, 6) is -1.35. The minimum absolute atomic E-state index is 0.0415. The lowest BCUT2D eigenvalue weighted by molar-refractivity contribution is -0.137. The second kappa shape index (κ2) is 11.2. The zero-order valence-corrected chi connectivity index (χ0v) is 18.9. The SMILES string of the molecule is COCC(CCC(=O)NCc1cc(F)cc(C(F)(F)F)c1)N1CCC(O)(c2cccnc2)CC1. The summed E-state index contributed by atoms with van der Waals surface area (Å²) in [6.07, 6.45) is 0.319. The van der Waals surface area contributed by atoms with E-state index in [9.17, 15) is 27.5 Å². The first kappa shape index (κ1) is 26.1. The van der Waals surface area contributed by atoms with Crippen molar-refractivity contribution in [1.82, 2.24) is 15.2 Å². The van der Waals surface area contributed by atoms with Crippen molar-refractivity contribution in [2.75, 3.05) is 26.8 Å². The van der Waals surface area contributed by atoms with Crippen LogP contribution in [0.5, 0.6) is 0 Å². The Morgan fingerprint density at radius 3 is 2.65 bits per heavy atom. The Morgan fingerprint density at radius 1 is 1.29 bits per heavy atom. The third-order valence-electron chi connectivity index (χ3n) is 6.18. The number of ether oxygens (including phenoxy) is 1. The van der Waals surface area contributed by atoms with Crippen LogP contribution in [0.4, 0.5) is 17.6 Å². The number of methoxy groups -OCH3 is 1.